The van der Waals surface area contributed by atoms with Gasteiger partial charge in [0.1, 0.15) is 0 Å². The second-order valence-electron chi connectivity index (χ2n) is 6.46. The summed E-state index contributed by atoms with van der Waals surface area (Å²) in [4.78, 5) is 0. The van der Waals surface area contributed by atoms with E-state index in [0.717, 1.165) is 12.8 Å². The van der Waals surface area contributed by atoms with E-state index in [1.165, 1.54) is 19.3 Å². The van der Waals surface area contributed by atoms with Gasteiger partial charge >= 0.3 is 0 Å². The minimum absolute atomic E-state index is 0.235. The summed E-state index contributed by atoms with van der Waals surface area (Å²) in [5, 5.41) is 10.9. The van der Waals surface area contributed by atoms with E-state index in [-0.39, 0.29) is 5.41 Å². The first kappa shape index (κ1) is 13.0. The summed E-state index contributed by atoms with van der Waals surface area (Å²) < 4.78 is 0. The zero-order valence-electron chi connectivity index (χ0n) is 11.1. The van der Waals surface area contributed by atoms with Gasteiger partial charge in [0.15, 0.2) is 0 Å². The Balaban J connectivity index is 2.91. The SMILES string of the molecule is CCC(C)C1(O)CCCCC1C(C)(C)C. The standard InChI is InChI=1S/C14H28O/c1-6-11(2)14(15)10-8-7-9-12(14)13(3,4)5/h11-12,15H,6-10H2,1-5H3. The van der Waals surface area contributed by atoms with Crippen LogP contribution in [0.25, 0.3) is 0 Å². The third-order valence-electron chi connectivity index (χ3n) is 4.43. The maximum Gasteiger partial charge on any atom is 0.0706 e. The number of aliphatic hydroxyl groups is 1. The Morgan fingerprint density at radius 3 is 2.40 bits per heavy atom. The summed E-state index contributed by atoms with van der Waals surface area (Å²) in [5.74, 6) is 0.899. The predicted molar refractivity (Wildman–Crippen MR) is 65.8 cm³/mol. The molecule has 1 aliphatic carbocycles. The van der Waals surface area contributed by atoms with E-state index in [4.69, 9.17) is 0 Å². The van der Waals surface area contributed by atoms with Gasteiger partial charge in [-0.25, -0.2) is 0 Å². The van der Waals surface area contributed by atoms with Crippen LogP contribution >= 0.6 is 0 Å². The van der Waals surface area contributed by atoms with Crippen molar-refractivity contribution in [3.05, 3.63) is 0 Å². The molecule has 1 nitrogen and oxygen atoms in total. The Morgan fingerprint density at radius 1 is 1.33 bits per heavy atom. The minimum atomic E-state index is -0.411. The van der Waals surface area contributed by atoms with Crippen LogP contribution in [0.3, 0.4) is 0 Å². The molecule has 1 aliphatic rings. The zero-order valence-corrected chi connectivity index (χ0v) is 11.1. The third-order valence-corrected chi connectivity index (χ3v) is 4.43. The lowest BCUT2D eigenvalue weighted by Crippen LogP contribution is -2.51. The molecule has 0 bridgehead atoms. The van der Waals surface area contributed by atoms with Gasteiger partial charge in [0.05, 0.1) is 5.60 Å². The van der Waals surface area contributed by atoms with Crippen molar-refractivity contribution in [1.29, 1.82) is 0 Å². The van der Waals surface area contributed by atoms with Gasteiger partial charge in [-0.05, 0) is 30.1 Å². The van der Waals surface area contributed by atoms with Gasteiger partial charge in [0.25, 0.3) is 0 Å². The summed E-state index contributed by atoms with van der Waals surface area (Å²) in [5.41, 5.74) is -0.177. The molecule has 0 aromatic rings. The van der Waals surface area contributed by atoms with Crippen molar-refractivity contribution >= 4 is 0 Å². The molecule has 3 unspecified atom stereocenters. The first-order valence-corrected chi connectivity index (χ1v) is 6.54. The van der Waals surface area contributed by atoms with Crippen molar-refractivity contribution in [2.24, 2.45) is 17.3 Å². The normalized spacial score (nSPS) is 35.2. The molecule has 0 spiro atoms. The lowest BCUT2D eigenvalue weighted by Gasteiger charge is -2.50. The highest BCUT2D eigenvalue weighted by Crippen LogP contribution is 2.48. The highest BCUT2D eigenvalue weighted by molar-refractivity contribution is 4.97. The molecule has 1 saturated carbocycles. The lowest BCUT2D eigenvalue weighted by molar-refractivity contribution is -0.125. The van der Waals surface area contributed by atoms with Crippen molar-refractivity contribution in [1.82, 2.24) is 0 Å². The van der Waals surface area contributed by atoms with E-state index >= 15 is 0 Å². The molecule has 1 rings (SSSR count). The van der Waals surface area contributed by atoms with Gasteiger partial charge in [-0.1, -0.05) is 53.9 Å². The molecular weight excluding hydrogens is 184 g/mol. The van der Waals surface area contributed by atoms with Gasteiger partial charge in [0, 0.05) is 0 Å². The number of hydrogen-bond acceptors (Lipinski definition) is 1. The molecule has 0 aromatic heterocycles. The van der Waals surface area contributed by atoms with Crippen LogP contribution in [-0.2, 0) is 0 Å². The molecule has 1 heteroatoms. The van der Waals surface area contributed by atoms with Crippen LogP contribution in [0.5, 0.6) is 0 Å². The van der Waals surface area contributed by atoms with Crippen LogP contribution in [0, 0.1) is 17.3 Å². The van der Waals surface area contributed by atoms with Crippen molar-refractivity contribution in [2.75, 3.05) is 0 Å². The molecule has 3 atom stereocenters. The average Bonchev–Trinajstić information content (AvgIpc) is 2.15. The number of hydrogen-bond donors (Lipinski definition) is 1. The van der Waals surface area contributed by atoms with E-state index < -0.39 is 5.60 Å². The van der Waals surface area contributed by atoms with E-state index in [1.807, 2.05) is 0 Å². The Labute approximate surface area is 95.3 Å². The molecule has 15 heavy (non-hydrogen) atoms. The van der Waals surface area contributed by atoms with Gasteiger partial charge in [0.2, 0.25) is 0 Å². The smallest absolute Gasteiger partial charge is 0.0706 e. The van der Waals surface area contributed by atoms with Crippen LogP contribution in [0.4, 0.5) is 0 Å². The Kier molecular flexibility index (Phi) is 3.86. The first-order valence-electron chi connectivity index (χ1n) is 6.54. The van der Waals surface area contributed by atoms with E-state index in [2.05, 4.69) is 34.6 Å². The van der Waals surface area contributed by atoms with Crippen LogP contribution in [-0.4, -0.2) is 10.7 Å². The molecule has 1 fully saturated rings. The fourth-order valence-corrected chi connectivity index (χ4v) is 3.31. The number of rotatable bonds is 2. The Hall–Kier alpha value is -0.0400. The molecule has 0 saturated heterocycles. The average molecular weight is 212 g/mol. The summed E-state index contributed by atoms with van der Waals surface area (Å²) in [7, 11) is 0. The van der Waals surface area contributed by atoms with Crippen LogP contribution < -0.4 is 0 Å². The predicted octanol–water partition coefficient (Wildman–Crippen LogP) is 4.00. The second-order valence-corrected chi connectivity index (χ2v) is 6.46. The van der Waals surface area contributed by atoms with E-state index in [0.29, 0.717) is 11.8 Å². The minimum Gasteiger partial charge on any atom is -0.389 e. The quantitative estimate of drug-likeness (QED) is 0.733. The fraction of sp³-hybridized carbons (Fsp3) is 1.00. The lowest BCUT2D eigenvalue weighted by atomic mass is 9.59. The van der Waals surface area contributed by atoms with Crippen molar-refractivity contribution in [3.63, 3.8) is 0 Å². The summed E-state index contributed by atoms with van der Waals surface area (Å²) in [6.45, 7) is 11.2. The summed E-state index contributed by atoms with van der Waals surface area (Å²) in [6, 6.07) is 0. The Bertz CT molecular complexity index is 204. The summed E-state index contributed by atoms with van der Waals surface area (Å²) >= 11 is 0. The second kappa shape index (κ2) is 4.45. The zero-order chi connectivity index (χ0) is 11.7. The van der Waals surface area contributed by atoms with Crippen LogP contribution in [0.15, 0.2) is 0 Å². The first-order chi connectivity index (χ1) is 6.82. The largest absolute Gasteiger partial charge is 0.389 e. The molecule has 90 valence electrons. The molecule has 0 aliphatic heterocycles. The molecule has 0 heterocycles. The van der Waals surface area contributed by atoms with Gasteiger partial charge < -0.3 is 5.11 Å². The van der Waals surface area contributed by atoms with Crippen LogP contribution in [0.1, 0.15) is 66.7 Å². The van der Waals surface area contributed by atoms with Crippen molar-refractivity contribution in [2.45, 2.75) is 72.3 Å². The van der Waals surface area contributed by atoms with Crippen molar-refractivity contribution < 1.29 is 5.11 Å². The van der Waals surface area contributed by atoms with Gasteiger partial charge in [-0.2, -0.15) is 0 Å². The van der Waals surface area contributed by atoms with Crippen molar-refractivity contribution in [3.8, 4) is 0 Å². The molecule has 0 radical (unpaired) electrons. The highest BCUT2D eigenvalue weighted by Gasteiger charge is 2.47. The molecule has 0 amide bonds. The highest BCUT2D eigenvalue weighted by atomic mass is 16.3. The third kappa shape index (κ3) is 2.55. The van der Waals surface area contributed by atoms with E-state index in [9.17, 15) is 5.11 Å². The van der Waals surface area contributed by atoms with Crippen LogP contribution in [0.2, 0.25) is 0 Å². The summed E-state index contributed by atoms with van der Waals surface area (Å²) in [6.07, 6.45) is 5.78. The Morgan fingerprint density at radius 2 is 1.93 bits per heavy atom. The fourth-order valence-electron chi connectivity index (χ4n) is 3.31. The van der Waals surface area contributed by atoms with Gasteiger partial charge in [-0.3, -0.25) is 0 Å². The maximum absolute atomic E-state index is 10.9. The van der Waals surface area contributed by atoms with E-state index in [1.54, 1.807) is 0 Å². The molecular formula is C14H28O. The van der Waals surface area contributed by atoms with Gasteiger partial charge in [-0.15, -0.1) is 0 Å². The molecule has 0 aromatic carbocycles. The monoisotopic (exact) mass is 212 g/mol. The molecule has 1 N–H and O–H groups in total. The maximum atomic E-state index is 10.9. The topological polar surface area (TPSA) is 20.2 Å².